The lowest BCUT2D eigenvalue weighted by Gasteiger charge is -2.48. The molecule has 2 N–H and O–H groups in total. The molecule has 4 unspecified atom stereocenters. The fourth-order valence-electron chi connectivity index (χ4n) is 3.14. The third-order valence-electron chi connectivity index (χ3n) is 5.72. The third-order valence-corrected chi connectivity index (χ3v) is 6.96. The molecule has 5 atom stereocenters. The molecule has 0 heterocycles. The standard InChI is InChI=1S/C18H28F11NO3Si/c1-6-12(3,19)15(21,17(25,26)27)18(28,29)33-13(4,7-2)14(20,16(22,23)24)11(31)30-9-8-10-34(5)32/h32,34H,6-10H2,1-5H3,(H,30,31)/t12?,13-,14?,15?,34?/m0/s1. The normalized spacial score (nSPS) is 21.6. The van der Waals surface area contributed by atoms with Crippen molar-refractivity contribution in [2.75, 3.05) is 6.54 Å². The molecule has 0 aliphatic rings. The molecule has 0 aromatic rings. The number of alkyl halides is 11. The number of hydrogen-bond acceptors (Lipinski definition) is 3. The number of carbonyl (C=O) groups excluding carboxylic acids is 1. The molecule has 0 aromatic carbocycles. The maximum Gasteiger partial charge on any atom is 0.434 e. The number of carbonyl (C=O) groups is 1. The van der Waals surface area contributed by atoms with E-state index in [0.717, 1.165) is 0 Å². The minimum Gasteiger partial charge on any atom is -0.435 e. The molecular formula is C18H28F11NO3Si. The summed E-state index contributed by atoms with van der Waals surface area (Å²) in [5, 5.41) is 1.48. The zero-order valence-electron chi connectivity index (χ0n) is 19.0. The highest BCUT2D eigenvalue weighted by Gasteiger charge is 2.83. The summed E-state index contributed by atoms with van der Waals surface area (Å²) >= 11 is 0. The van der Waals surface area contributed by atoms with Crippen molar-refractivity contribution in [1.29, 1.82) is 0 Å². The Bertz CT molecular complexity index is 702. The van der Waals surface area contributed by atoms with Gasteiger partial charge in [0.15, 0.2) is 14.7 Å². The van der Waals surface area contributed by atoms with Crippen LogP contribution in [0.3, 0.4) is 0 Å². The summed E-state index contributed by atoms with van der Waals surface area (Å²) in [6, 6.07) is 0.0766. The van der Waals surface area contributed by atoms with E-state index in [1.54, 1.807) is 0 Å². The average molecular weight is 543 g/mol. The first kappa shape index (κ1) is 32.8. The zero-order chi connectivity index (χ0) is 27.6. The van der Waals surface area contributed by atoms with Gasteiger partial charge in [-0.3, -0.25) is 4.79 Å². The van der Waals surface area contributed by atoms with Gasteiger partial charge in [-0.05, 0) is 45.7 Å². The number of amides is 1. The van der Waals surface area contributed by atoms with Gasteiger partial charge in [-0.25, -0.2) is 13.2 Å². The Kier molecular flexibility index (Phi) is 10.1. The van der Waals surface area contributed by atoms with Crippen LogP contribution in [0.5, 0.6) is 0 Å². The maximum atomic E-state index is 15.4. The molecule has 204 valence electrons. The van der Waals surface area contributed by atoms with Gasteiger partial charge in [-0.2, -0.15) is 35.1 Å². The van der Waals surface area contributed by atoms with Crippen molar-refractivity contribution >= 4 is 14.9 Å². The van der Waals surface area contributed by atoms with Crippen LogP contribution in [-0.2, 0) is 9.53 Å². The van der Waals surface area contributed by atoms with E-state index in [2.05, 4.69) is 4.74 Å². The first-order chi connectivity index (χ1) is 14.9. The van der Waals surface area contributed by atoms with E-state index in [9.17, 15) is 53.5 Å². The number of nitrogens with one attached hydrogen (secondary N) is 1. The van der Waals surface area contributed by atoms with E-state index < -0.39 is 75.4 Å². The quantitative estimate of drug-likeness (QED) is 0.200. The van der Waals surface area contributed by atoms with E-state index in [1.165, 1.54) is 11.9 Å². The highest BCUT2D eigenvalue weighted by atomic mass is 28.3. The van der Waals surface area contributed by atoms with Crippen molar-refractivity contribution in [3.63, 3.8) is 0 Å². The largest absolute Gasteiger partial charge is 0.435 e. The predicted molar refractivity (Wildman–Crippen MR) is 102 cm³/mol. The summed E-state index contributed by atoms with van der Waals surface area (Å²) in [5.74, 6) is -2.58. The van der Waals surface area contributed by atoms with Crippen LogP contribution in [0.15, 0.2) is 0 Å². The van der Waals surface area contributed by atoms with Gasteiger partial charge in [0.1, 0.15) is 5.60 Å². The van der Waals surface area contributed by atoms with Crippen LogP contribution in [0, 0.1) is 0 Å². The molecule has 0 rings (SSSR count). The lowest BCUT2D eigenvalue weighted by Crippen LogP contribution is -2.73. The zero-order valence-corrected chi connectivity index (χ0v) is 20.2. The van der Waals surface area contributed by atoms with Crippen LogP contribution >= 0.6 is 0 Å². The fourth-order valence-corrected chi connectivity index (χ4v) is 3.93. The average Bonchev–Trinajstić information content (AvgIpc) is 2.66. The molecule has 0 fully saturated rings. The smallest absolute Gasteiger partial charge is 0.434 e. The number of hydrogen-bond donors (Lipinski definition) is 2. The second kappa shape index (κ2) is 10.4. The molecule has 0 aromatic heterocycles. The Morgan fingerprint density at radius 2 is 1.35 bits per heavy atom. The first-order valence-corrected chi connectivity index (χ1v) is 12.6. The van der Waals surface area contributed by atoms with Crippen LogP contribution in [-0.4, -0.2) is 67.4 Å². The summed E-state index contributed by atoms with van der Waals surface area (Å²) in [5.41, 5.74) is -20.2. The molecule has 0 saturated heterocycles. The lowest BCUT2D eigenvalue weighted by molar-refractivity contribution is -0.442. The summed E-state index contributed by atoms with van der Waals surface area (Å²) in [6.07, 6.45) is -22.6. The van der Waals surface area contributed by atoms with Crippen molar-refractivity contribution < 1.29 is 62.6 Å². The number of ether oxygens (including phenoxy) is 1. The number of halogens is 11. The highest BCUT2D eigenvalue weighted by Crippen LogP contribution is 2.58. The minimum absolute atomic E-state index is 0.0766. The van der Waals surface area contributed by atoms with E-state index in [4.69, 9.17) is 0 Å². The van der Waals surface area contributed by atoms with Crippen molar-refractivity contribution in [3.05, 3.63) is 0 Å². The Morgan fingerprint density at radius 3 is 1.68 bits per heavy atom. The van der Waals surface area contributed by atoms with Gasteiger partial charge in [0.2, 0.25) is 0 Å². The Balaban J connectivity index is 6.58. The van der Waals surface area contributed by atoms with Gasteiger partial charge in [-0.15, -0.1) is 0 Å². The molecule has 0 aliphatic carbocycles. The third kappa shape index (κ3) is 5.79. The molecular weight excluding hydrogens is 515 g/mol. The maximum absolute atomic E-state index is 15.4. The van der Waals surface area contributed by atoms with Crippen LogP contribution in [0.4, 0.5) is 48.3 Å². The Morgan fingerprint density at radius 1 is 0.882 bits per heavy atom. The van der Waals surface area contributed by atoms with Gasteiger partial charge in [0.05, 0.1) is 0 Å². The lowest BCUT2D eigenvalue weighted by atomic mass is 9.80. The van der Waals surface area contributed by atoms with E-state index >= 15 is 4.39 Å². The van der Waals surface area contributed by atoms with Gasteiger partial charge >= 0.3 is 29.8 Å². The molecule has 1 amide bonds. The molecule has 4 nitrogen and oxygen atoms in total. The Hall–Kier alpha value is -1.16. The summed E-state index contributed by atoms with van der Waals surface area (Å²) < 4.78 is 159. The van der Waals surface area contributed by atoms with Crippen LogP contribution in [0.1, 0.15) is 47.0 Å². The van der Waals surface area contributed by atoms with Crippen molar-refractivity contribution in [2.24, 2.45) is 0 Å². The van der Waals surface area contributed by atoms with Crippen molar-refractivity contribution in [1.82, 2.24) is 5.32 Å². The summed E-state index contributed by atoms with van der Waals surface area (Å²) in [4.78, 5) is 21.4. The van der Waals surface area contributed by atoms with E-state index in [0.29, 0.717) is 13.8 Å². The molecule has 0 aliphatic heterocycles. The predicted octanol–water partition coefficient (Wildman–Crippen LogP) is 5.30. The number of rotatable bonds is 12. The molecule has 0 radical (unpaired) electrons. The van der Waals surface area contributed by atoms with Crippen molar-refractivity contribution in [3.8, 4) is 0 Å². The van der Waals surface area contributed by atoms with E-state index in [-0.39, 0.29) is 26.3 Å². The SMILES string of the molecule is CCC(C)(F)C(F)(C(F)(F)F)C(F)(F)O[C@@](C)(CC)C(F)(C(=O)NCCC[SiH](C)O)C(F)(F)F. The van der Waals surface area contributed by atoms with Crippen LogP contribution in [0.25, 0.3) is 0 Å². The fraction of sp³-hybridized carbons (Fsp3) is 0.944. The van der Waals surface area contributed by atoms with Gasteiger partial charge in [0.25, 0.3) is 5.91 Å². The van der Waals surface area contributed by atoms with E-state index in [1.807, 2.05) is 0 Å². The molecule has 34 heavy (non-hydrogen) atoms. The van der Waals surface area contributed by atoms with Crippen LogP contribution < -0.4 is 5.32 Å². The van der Waals surface area contributed by atoms with Crippen molar-refractivity contribution in [2.45, 2.75) is 101 Å². The van der Waals surface area contributed by atoms with Gasteiger partial charge in [-0.1, -0.05) is 13.8 Å². The summed E-state index contributed by atoms with van der Waals surface area (Å²) in [7, 11) is -2.21. The Labute approximate surface area is 190 Å². The topological polar surface area (TPSA) is 58.6 Å². The molecule has 0 saturated carbocycles. The summed E-state index contributed by atoms with van der Waals surface area (Å²) in [6.45, 7) is 1.63. The highest BCUT2D eigenvalue weighted by molar-refractivity contribution is 6.48. The van der Waals surface area contributed by atoms with Gasteiger partial charge in [0, 0.05) is 6.54 Å². The first-order valence-electron chi connectivity index (χ1n) is 10.2. The molecule has 16 heteroatoms. The second-order valence-corrected chi connectivity index (χ2v) is 10.6. The molecule has 0 bridgehead atoms. The second-order valence-electron chi connectivity index (χ2n) is 8.31. The van der Waals surface area contributed by atoms with Crippen LogP contribution in [0.2, 0.25) is 12.6 Å². The minimum atomic E-state index is -6.71. The molecule has 0 spiro atoms. The monoisotopic (exact) mass is 543 g/mol. The van der Waals surface area contributed by atoms with Gasteiger partial charge < -0.3 is 14.8 Å².